The first-order valence-corrected chi connectivity index (χ1v) is 13.6. The topological polar surface area (TPSA) is 118 Å². The fourth-order valence-corrected chi connectivity index (χ4v) is 4.68. The number of nitrogens with one attached hydrogen (secondary N) is 3. The molecule has 0 saturated carbocycles. The van der Waals surface area contributed by atoms with Crippen molar-refractivity contribution in [2.45, 2.75) is 20.3 Å². The van der Waals surface area contributed by atoms with Gasteiger partial charge in [-0.3, -0.25) is 14.4 Å². The summed E-state index contributed by atoms with van der Waals surface area (Å²) in [5.41, 5.74) is 4.72. The molecule has 0 aliphatic carbocycles. The second-order valence-corrected chi connectivity index (χ2v) is 9.96. The number of hydrogen-bond donors (Lipinski definition) is 3. The highest BCUT2D eigenvalue weighted by atomic mass is 127. The van der Waals surface area contributed by atoms with Gasteiger partial charge in [-0.1, -0.05) is 48.3 Å². The van der Waals surface area contributed by atoms with Gasteiger partial charge in [0.2, 0.25) is 0 Å². The molecule has 3 N–H and O–H groups in total. The zero-order valence-corrected chi connectivity index (χ0v) is 24.7. The Morgan fingerprint density at radius 1 is 0.949 bits per heavy atom. The van der Waals surface area contributed by atoms with Gasteiger partial charge in [-0.05, 0) is 83.5 Å². The molecule has 0 radical (unpaired) electrons. The molecule has 0 heterocycles. The summed E-state index contributed by atoms with van der Waals surface area (Å²) in [7, 11) is 0. The van der Waals surface area contributed by atoms with Crippen LogP contribution < -0.4 is 25.5 Å². The Bertz CT molecular complexity index is 1380. The van der Waals surface area contributed by atoms with E-state index in [1.54, 1.807) is 42.5 Å². The first-order chi connectivity index (χ1) is 18.7. The molecule has 3 amide bonds. The van der Waals surface area contributed by atoms with Crippen molar-refractivity contribution < 1.29 is 23.9 Å². The molecular formula is C27H25Cl2IN4O5. The van der Waals surface area contributed by atoms with E-state index < -0.39 is 17.7 Å². The van der Waals surface area contributed by atoms with Crippen molar-refractivity contribution in [2.75, 3.05) is 23.8 Å². The number of aryl methyl sites for hydroxylation is 1. The lowest BCUT2D eigenvalue weighted by atomic mass is 10.1. The molecule has 0 aliphatic heterocycles. The molecule has 0 unspecified atom stereocenters. The molecule has 204 valence electrons. The summed E-state index contributed by atoms with van der Waals surface area (Å²) >= 11 is 14.0. The SMILES string of the molecule is CCOc1cc(/C=N\NC(=O)C(=O)Nc2ccccc2CC)cc(I)c1OCC(=O)Nc1cc(Cl)cc(Cl)c1. The number of hydrogen-bond acceptors (Lipinski definition) is 6. The zero-order valence-electron chi connectivity index (χ0n) is 21.0. The van der Waals surface area contributed by atoms with E-state index in [-0.39, 0.29) is 6.61 Å². The number of nitrogens with zero attached hydrogens (tertiary/aromatic N) is 1. The van der Waals surface area contributed by atoms with Gasteiger partial charge in [0.25, 0.3) is 5.91 Å². The third kappa shape index (κ3) is 9.12. The van der Waals surface area contributed by atoms with Gasteiger partial charge < -0.3 is 20.1 Å². The highest BCUT2D eigenvalue weighted by molar-refractivity contribution is 14.1. The molecule has 3 aromatic rings. The Labute approximate surface area is 249 Å². The highest BCUT2D eigenvalue weighted by Gasteiger charge is 2.16. The van der Waals surface area contributed by atoms with Crippen LogP contribution in [-0.2, 0) is 20.8 Å². The average Bonchev–Trinajstić information content (AvgIpc) is 2.88. The van der Waals surface area contributed by atoms with Crippen LogP contribution in [0.3, 0.4) is 0 Å². The number of carbonyl (C=O) groups is 3. The first kappa shape index (κ1) is 30.2. The lowest BCUT2D eigenvalue weighted by molar-refractivity contribution is -0.136. The molecular weight excluding hydrogens is 658 g/mol. The highest BCUT2D eigenvalue weighted by Crippen LogP contribution is 2.34. The summed E-state index contributed by atoms with van der Waals surface area (Å²) in [6.45, 7) is 3.81. The summed E-state index contributed by atoms with van der Waals surface area (Å²) in [6.07, 6.45) is 2.08. The van der Waals surface area contributed by atoms with Crippen molar-refractivity contribution in [1.29, 1.82) is 0 Å². The van der Waals surface area contributed by atoms with E-state index in [0.717, 1.165) is 5.56 Å². The predicted octanol–water partition coefficient (Wildman–Crippen LogP) is 5.67. The second-order valence-electron chi connectivity index (χ2n) is 7.92. The summed E-state index contributed by atoms with van der Waals surface area (Å²) in [5, 5.41) is 9.93. The quantitative estimate of drug-likeness (QED) is 0.110. The van der Waals surface area contributed by atoms with E-state index in [0.29, 0.717) is 55.1 Å². The van der Waals surface area contributed by atoms with Crippen LogP contribution in [0.5, 0.6) is 11.5 Å². The van der Waals surface area contributed by atoms with Crippen LogP contribution in [0.2, 0.25) is 10.0 Å². The summed E-state index contributed by atoms with van der Waals surface area (Å²) in [5.74, 6) is -1.42. The predicted molar refractivity (Wildman–Crippen MR) is 161 cm³/mol. The lowest BCUT2D eigenvalue weighted by Crippen LogP contribution is -2.32. The Morgan fingerprint density at radius 2 is 1.67 bits per heavy atom. The normalized spacial score (nSPS) is 10.7. The van der Waals surface area contributed by atoms with Gasteiger partial charge in [-0.15, -0.1) is 0 Å². The Morgan fingerprint density at radius 3 is 2.36 bits per heavy atom. The van der Waals surface area contributed by atoms with Crippen LogP contribution >= 0.6 is 45.8 Å². The molecule has 0 saturated heterocycles. The van der Waals surface area contributed by atoms with Gasteiger partial charge in [0.15, 0.2) is 18.1 Å². The number of hydrazone groups is 1. The van der Waals surface area contributed by atoms with Gasteiger partial charge in [0.1, 0.15) is 0 Å². The standard InChI is InChI=1S/C27H25Cl2IN4O5/c1-3-17-7-5-6-8-22(17)33-26(36)27(37)34-31-14-16-9-21(30)25(23(10-16)38-4-2)39-15-24(35)32-20-12-18(28)11-19(29)13-20/h5-14H,3-4,15H2,1-2H3,(H,32,35)(H,33,36)(H,34,37)/b31-14-. The maximum absolute atomic E-state index is 12.4. The van der Waals surface area contributed by atoms with Gasteiger partial charge in [0, 0.05) is 21.4 Å². The Balaban J connectivity index is 1.63. The number of amides is 3. The van der Waals surface area contributed by atoms with Crippen LogP contribution in [0.1, 0.15) is 25.0 Å². The number of para-hydroxylation sites is 1. The molecule has 0 aliphatic rings. The molecule has 39 heavy (non-hydrogen) atoms. The van der Waals surface area contributed by atoms with Crippen molar-refractivity contribution in [3.63, 3.8) is 0 Å². The maximum atomic E-state index is 12.4. The van der Waals surface area contributed by atoms with Crippen LogP contribution in [0, 0.1) is 3.57 Å². The summed E-state index contributed by atoms with van der Waals surface area (Å²) in [4.78, 5) is 36.9. The number of rotatable bonds is 10. The first-order valence-electron chi connectivity index (χ1n) is 11.8. The van der Waals surface area contributed by atoms with Crippen molar-refractivity contribution >= 4 is 81.1 Å². The zero-order chi connectivity index (χ0) is 28.4. The van der Waals surface area contributed by atoms with E-state index in [9.17, 15) is 14.4 Å². The number of benzene rings is 3. The number of carbonyl (C=O) groups excluding carboxylic acids is 3. The van der Waals surface area contributed by atoms with Crippen LogP contribution in [-0.4, -0.2) is 37.1 Å². The third-order valence-corrected chi connectivity index (χ3v) is 6.30. The molecule has 0 fully saturated rings. The minimum Gasteiger partial charge on any atom is -0.490 e. The monoisotopic (exact) mass is 682 g/mol. The molecule has 0 aromatic heterocycles. The van der Waals surface area contributed by atoms with Crippen LogP contribution in [0.15, 0.2) is 59.7 Å². The molecule has 0 bridgehead atoms. The maximum Gasteiger partial charge on any atom is 0.329 e. The minimum atomic E-state index is -0.913. The molecule has 0 spiro atoms. The van der Waals surface area contributed by atoms with E-state index in [2.05, 4.69) is 21.2 Å². The summed E-state index contributed by atoms with van der Waals surface area (Å²) in [6, 6.07) is 15.3. The van der Waals surface area contributed by atoms with Crippen LogP contribution in [0.4, 0.5) is 11.4 Å². The molecule has 3 aromatic carbocycles. The second kappa shape index (κ2) is 14.7. The van der Waals surface area contributed by atoms with Crippen molar-refractivity contribution in [3.05, 3.63) is 79.3 Å². The van der Waals surface area contributed by atoms with Crippen molar-refractivity contribution in [3.8, 4) is 11.5 Å². The molecule has 0 atom stereocenters. The fraction of sp³-hybridized carbons (Fsp3) is 0.185. The third-order valence-electron chi connectivity index (χ3n) is 5.06. The van der Waals surface area contributed by atoms with Gasteiger partial charge >= 0.3 is 11.8 Å². The van der Waals surface area contributed by atoms with Gasteiger partial charge in [-0.2, -0.15) is 5.10 Å². The Hall–Kier alpha value is -3.35. The van der Waals surface area contributed by atoms with E-state index in [4.69, 9.17) is 32.7 Å². The van der Waals surface area contributed by atoms with Gasteiger partial charge in [0.05, 0.1) is 16.4 Å². The number of anilines is 2. The van der Waals surface area contributed by atoms with E-state index >= 15 is 0 Å². The minimum absolute atomic E-state index is 0.292. The molecule has 9 nitrogen and oxygen atoms in total. The van der Waals surface area contributed by atoms with Crippen molar-refractivity contribution in [1.82, 2.24) is 5.43 Å². The average molecular weight is 683 g/mol. The van der Waals surface area contributed by atoms with E-state index in [1.807, 2.05) is 48.6 Å². The Kier molecular flexibility index (Phi) is 11.4. The van der Waals surface area contributed by atoms with E-state index in [1.165, 1.54) is 6.21 Å². The molecule has 3 rings (SSSR count). The van der Waals surface area contributed by atoms with Crippen LogP contribution in [0.25, 0.3) is 0 Å². The largest absolute Gasteiger partial charge is 0.490 e. The van der Waals surface area contributed by atoms with Gasteiger partial charge in [-0.25, -0.2) is 5.43 Å². The van der Waals surface area contributed by atoms with Crippen molar-refractivity contribution in [2.24, 2.45) is 5.10 Å². The fourth-order valence-electron chi connectivity index (χ4n) is 3.37. The summed E-state index contributed by atoms with van der Waals surface area (Å²) < 4.78 is 12.1. The lowest BCUT2D eigenvalue weighted by Gasteiger charge is -2.15. The smallest absolute Gasteiger partial charge is 0.329 e. The number of halogens is 3. The number of ether oxygens (including phenoxy) is 2. The molecule has 12 heteroatoms.